The molecule has 134 valence electrons. The van der Waals surface area contributed by atoms with Gasteiger partial charge in [0.1, 0.15) is 11.8 Å². The first kappa shape index (κ1) is 18.7. The van der Waals surface area contributed by atoms with Crippen molar-refractivity contribution >= 4 is 11.8 Å². The van der Waals surface area contributed by atoms with Crippen LogP contribution in [0.5, 0.6) is 0 Å². The number of carbonyl (C=O) groups excluding carboxylic acids is 1. The van der Waals surface area contributed by atoms with E-state index in [4.69, 9.17) is 16.6 Å². The molecular weight excluding hydrogens is 324 g/mol. The molecule has 1 unspecified atom stereocenters. The summed E-state index contributed by atoms with van der Waals surface area (Å²) in [6, 6.07) is 6.98. The zero-order chi connectivity index (χ0) is 18.6. The number of carbonyl (C=O) groups is 2. The van der Waals surface area contributed by atoms with E-state index in [1.165, 1.54) is 12.2 Å². The minimum absolute atomic E-state index is 0.225. The van der Waals surface area contributed by atoms with Gasteiger partial charge in [-0.15, -0.1) is 0 Å². The molecule has 1 aromatic carbocycles. The van der Waals surface area contributed by atoms with Gasteiger partial charge in [0, 0.05) is 6.42 Å². The van der Waals surface area contributed by atoms with E-state index in [0.717, 1.165) is 5.56 Å². The van der Waals surface area contributed by atoms with E-state index in [1.54, 1.807) is 0 Å². The number of aliphatic hydroxyl groups excluding tert-OH is 2. The monoisotopic (exact) mass is 346 g/mol. The number of rotatable bonds is 7. The molecule has 0 fully saturated rings. The molecule has 7 heteroatoms. The summed E-state index contributed by atoms with van der Waals surface area (Å²) < 4.78 is 0. The van der Waals surface area contributed by atoms with Crippen LogP contribution >= 0.6 is 0 Å². The first-order valence-corrected chi connectivity index (χ1v) is 7.88. The number of hydrogen-bond donors (Lipinski definition) is 5. The predicted molar refractivity (Wildman–Crippen MR) is 91.8 cm³/mol. The minimum Gasteiger partial charge on any atom is -0.508 e. The molecule has 7 nitrogen and oxygen atoms in total. The number of benzene rings is 1. The summed E-state index contributed by atoms with van der Waals surface area (Å²) >= 11 is 0. The van der Waals surface area contributed by atoms with Crippen molar-refractivity contribution in [3.05, 3.63) is 59.6 Å². The Labute approximate surface area is 145 Å². The van der Waals surface area contributed by atoms with Crippen LogP contribution in [-0.2, 0) is 16.0 Å². The molecule has 0 heterocycles. The summed E-state index contributed by atoms with van der Waals surface area (Å²) in [5.41, 5.74) is 11.2. The Morgan fingerprint density at radius 1 is 1.12 bits per heavy atom. The number of aliphatic hydroxyl groups is 2. The number of carboxylic acid groups (broad SMARTS) is 1. The van der Waals surface area contributed by atoms with Crippen molar-refractivity contribution in [3.8, 4) is 0 Å². The quantitative estimate of drug-likeness (QED) is 0.498. The van der Waals surface area contributed by atoms with E-state index in [2.05, 4.69) is 0 Å². The van der Waals surface area contributed by atoms with E-state index >= 15 is 0 Å². The number of Topliss-reactive ketones (excluding diaryl/α,β-unsaturated/α-hetero) is 1. The van der Waals surface area contributed by atoms with E-state index in [1.807, 2.05) is 30.3 Å². The third kappa shape index (κ3) is 4.26. The molecule has 0 aliphatic heterocycles. The molecule has 0 bridgehead atoms. The van der Waals surface area contributed by atoms with E-state index < -0.39 is 29.3 Å². The molecule has 2 rings (SSSR count). The molecule has 0 spiro atoms. The first-order valence-electron chi connectivity index (χ1n) is 7.88. The summed E-state index contributed by atoms with van der Waals surface area (Å²) in [5.74, 6) is -2.43. The molecule has 1 aliphatic carbocycles. The lowest BCUT2D eigenvalue weighted by Crippen LogP contribution is -2.48. The lowest BCUT2D eigenvalue weighted by molar-refractivity contribution is -0.140. The Morgan fingerprint density at radius 2 is 1.76 bits per heavy atom. The van der Waals surface area contributed by atoms with Crippen LogP contribution in [0.4, 0.5) is 0 Å². The predicted octanol–water partition coefficient (Wildman–Crippen LogP) is 1.20. The van der Waals surface area contributed by atoms with Gasteiger partial charge in [0.15, 0.2) is 11.5 Å². The SMILES string of the molecule is N[C@@H](CC1(C(=O)[C@@H](N)Cc2ccccc2)C=CC(O)=C(O)C1)C(=O)O. The highest BCUT2D eigenvalue weighted by Crippen LogP contribution is 2.39. The Bertz CT molecular complexity index is 713. The van der Waals surface area contributed by atoms with Crippen molar-refractivity contribution in [1.29, 1.82) is 0 Å². The average molecular weight is 346 g/mol. The standard InChI is InChI=1S/C18H22N2O5/c19-12(8-11-4-2-1-3-5-11)16(23)18(9-13(20)17(24)25)7-6-14(21)15(22)10-18/h1-7,12-13,21-22H,8-10,19-20H2,(H,24,25)/t12-,13-,18?/m0/s1. The molecule has 0 radical (unpaired) electrons. The van der Waals surface area contributed by atoms with Crippen molar-refractivity contribution in [2.24, 2.45) is 16.9 Å². The smallest absolute Gasteiger partial charge is 0.320 e. The molecule has 7 N–H and O–H groups in total. The number of aliphatic carboxylic acids is 1. The van der Waals surface area contributed by atoms with E-state index in [0.29, 0.717) is 0 Å². The number of hydrogen-bond acceptors (Lipinski definition) is 6. The summed E-state index contributed by atoms with van der Waals surface area (Å²) in [7, 11) is 0. The largest absolute Gasteiger partial charge is 0.508 e. The molecule has 1 aliphatic rings. The first-order chi connectivity index (χ1) is 11.7. The van der Waals surface area contributed by atoms with Gasteiger partial charge in [-0.3, -0.25) is 9.59 Å². The Hall–Kier alpha value is -2.64. The highest BCUT2D eigenvalue weighted by Gasteiger charge is 2.44. The summed E-state index contributed by atoms with van der Waals surface area (Å²) in [5, 5.41) is 28.5. The summed E-state index contributed by atoms with van der Waals surface area (Å²) in [4.78, 5) is 24.1. The second-order valence-corrected chi connectivity index (χ2v) is 6.31. The maximum absolute atomic E-state index is 13.0. The third-order valence-electron chi connectivity index (χ3n) is 4.37. The van der Waals surface area contributed by atoms with Gasteiger partial charge in [0.2, 0.25) is 0 Å². The van der Waals surface area contributed by atoms with Crippen LogP contribution < -0.4 is 11.5 Å². The van der Waals surface area contributed by atoms with Crippen LogP contribution in [0.1, 0.15) is 18.4 Å². The third-order valence-corrected chi connectivity index (χ3v) is 4.37. The van der Waals surface area contributed by atoms with Crippen LogP contribution in [0.3, 0.4) is 0 Å². The van der Waals surface area contributed by atoms with Gasteiger partial charge in [-0.05, 0) is 24.5 Å². The molecular formula is C18H22N2O5. The van der Waals surface area contributed by atoms with E-state index in [9.17, 15) is 19.8 Å². The molecule has 0 saturated carbocycles. The molecule has 0 saturated heterocycles. The van der Waals surface area contributed by atoms with Crippen molar-refractivity contribution in [2.75, 3.05) is 0 Å². The maximum atomic E-state index is 13.0. The Kier molecular flexibility index (Phi) is 5.61. The fourth-order valence-electron chi connectivity index (χ4n) is 3.00. The molecule has 3 atom stereocenters. The van der Waals surface area contributed by atoms with Gasteiger partial charge in [-0.2, -0.15) is 0 Å². The van der Waals surface area contributed by atoms with Crippen molar-refractivity contribution < 1.29 is 24.9 Å². The minimum atomic E-state index is -1.37. The second-order valence-electron chi connectivity index (χ2n) is 6.31. The van der Waals surface area contributed by atoms with Gasteiger partial charge in [-0.1, -0.05) is 36.4 Å². The van der Waals surface area contributed by atoms with E-state index in [-0.39, 0.29) is 30.8 Å². The van der Waals surface area contributed by atoms with Crippen LogP contribution in [0.2, 0.25) is 0 Å². The summed E-state index contributed by atoms with van der Waals surface area (Å²) in [6.07, 6.45) is 2.38. The molecule has 1 aromatic rings. The van der Waals surface area contributed by atoms with Crippen LogP contribution in [0.25, 0.3) is 0 Å². The van der Waals surface area contributed by atoms with Crippen molar-refractivity contribution in [1.82, 2.24) is 0 Å². The second kappa shape index (κ2) is 7.50. The number of carboxylic acids is 1. The maximum Gasteiger partial charge on any atom is 0.320 e. The number of allylic oxidation sites excluding steroid dienone is 3. The molecule has 0 amide bonds. The fourth-order valence-corrected chi connectivity index (χ4v) is 3.00. The van der Waals surface area contributed by atoms with Gasteiger partial charge < -0.3 is 26.8 Å². The summed E-state index contributed by atoms with van der Waals surface area (Å²) in [6.45, 7) is 0. The fraction of sp³-hybridized carbons (Fsp3) is 0.333. The highest BCUT2D eigenvalue weighted by atomic mass is 16.4. The van der Waals surface area contributed by atoms with Crippen LogP contribution in [-0.4, -0.2) is 39.2 Å². The number of nitrogens with two attached hydrogens (primary N) is 2. The van der Waals surface area contributed by atoms with Crippen LogP contribution in [0.15, 0.2) is 54.0 Å². The van der Waals surface area contributed by atoms with Crippen molar-refractivity contribution in [2.45, 2.75) is 31.3 Å². The lowest BCUT2D eigenvalue weighted by atomic mass is 9.70. The zero-order valence-corrected chi connectivity index (χ0v) is 13.6. The van der Waals surface area contributed by atoms with Gasteiger partial charge >= 0.3 is 5.97 Å². The number of ketones is 1. The zero-order valence-electron chi connectivity index (χ0n) is 13.6. The van der Waals surface area contributed by atoms with Gasteiger partial charge in [0.25, 0.3) is 0 Å². The lowest BCUT2D eigenvalue weighted by Gasteiger charge is -2.34. The Morgan fingerprint density at radius 3 is 2.32 bits per heavy atom. The molecule has 25 heavy (non-hydrogen) atoms. The highest BCUT2D eigenvalue weighted by molar-refractivity contribution is 5.92. The molecule has 0 aromatic heterocycles. The topological polar surface area (TPSA) is 147 Å². The van der Waals surface area contributed by atoms with Gasteiger partial charge in [-0.25, -0.2) is 0 Å². The average Bonchev–Trinajstić information content (AvgIpc) is 2.58. The van der Waals surface area contributed by atoms with Gasteiger partial charge in [0.05, 0.1) is 11.5 Å². The van der Waals surface area contributed by atoms with Crippen LogP contribution in [0, 0.1) is 5.41 Å². The van der Waals surface area contributed by atoms with Crippen molar-refractivity contribution in [3.63, 3.8) is 0 Å². The Balaban J connectivity index is 2.27. The normalized spacial score (nSPS) is 22.5.